The summed E-state index contributed by atoms with van der Waals surface area (Å²) in [6.45, 7) is 0. The quantitative estimate of drug-likeness (QED) is 0.824. The molecule has 1 aliphatic heterocycles. The average molecular weight is 300 g/mol. The number of hydrogen-bond donors (Lipinski definition) is 2. The number of aromatic hydroxyl groups is 2. The monoisotopic (exact) mass is 300 g/mol. The van der Waals surface area contributed by atoms with Crippen molar-refractivity contribution in [2.45, 2.75) is 6.10 Å². The van der Waals surface area contributed by atoms with E-state index in [4.69, 9.17) is 9.47 Å². The molecule has 1 heterocycles. The fraction of sp³-hybridized carbons (Fsp3) is 0.125. The molecule has 0 aliphatic carbocycles. The fourth-order valence-corrected chi connectivity index (χ4v) is 2.33. The smallest absolute Gasteiger partial charge is 0.248 e. The highest BCUT2D eigenvalue weighted by molar-refractivity contribution is 6.47. The van der Waals surface area contributed by atoms with Gasteiger partial charge in [-0.25, -0.2) is 0 Å². The number of ether oxygens (including phenoxy) is 2. The van der Waals surface area contributed by atoms with E-state index in [9.17, 15) is 19.8 Å². The lowest BCUT2D eigenvalue weighted by Gasteiger charge is -2.24. The number of methoxy groups -OCH3 is 1. The van der Waals surface area contributed by atoms with Crippen molar-refractivity contribution in [3.8, 4) is 23.0 Å². The third-order valence-corrected chi connectivity index (χ3v) is 3.42. The van der Waals surface area contributed by atoms with Gasteiger partial charge in [-0.3, -0.25) is 9.59 Å². The average Bonchev–Trinajstić information content (AvgIpc) is 2.50. The minimum atomic E-state index is -1.12. The summed E-state index contributed by atoms with van der Waals surface area (Å²) in [5, 5.41) is 19.2. The van der Waals surface area contributed by atoms with Crippen molar-refractivity contribution in [3.05, 3.63) is 47.5 Å². The number of hydrogen-bond acceptors (Lipinski definition) is 6. The predicted molar refractivity (Wildman–Crippen MR) is 75.5 cm³/mol. The molecule has 1 atom stereocenters. The van der Waals surface area contributed by atoms with Crippen LogP contribution in [0.5, 0.6) is 23.0 Å². The molecule has 0 aromatic heterocycles. The van der Waals surface area contributed by atoms with E-state index in [1.165, 1.54) is 13.2 Å². The molecule has 3 rings (SSSR count). The zero-order valence-electron chi connectivity index (χ0n) is 11.6. The van der Waals surface area contributed by atoms with Crippen LogP contribution in [0.2, 0.25) is 0 Å². The SMILES string of the molecule is COc1ccc(C2Oc3cc(O)cc(O)c3C(=O)C2=O)cc1. The highest BCUT2D eigenvalue weighted by atomic mass is 16.5. The van der Waals surface area contributed by atoms with E-state index in [1.54, 1.807) is 24.3 Å². The molecule has 6 heteroatoms. The molecule has 1 aliphatic rings. The minimum absolute atomic E-state index is 0.0251. The lowest BCUT2D eigenvalue weighted by molar-refractivity contribution is -0.122. The van der Waals surface area contributed by atoms with Gasteiger partial charge in [0.25, 0.3) is 0 Å². The van der Waals surface area contributed by atoms with E-state index in [2.05, 4.69) is 0 Å². The Kier molecular flexibility index (Phi) is 3.21. The molecule has 112 valence electrons. The number of phenolic OH excluding ortho intramolecular Hbond substituents is 2. The lowest BCUT2D eigenvalue weighted by atomic mass is 9.94. The molecule has 0 saturated heterocycles. The molecule has 0 bridgehead atoms. The molecule has 2 aromatic carbocycles. The van der Waals surface area contributed by atoms with Crippen molar-refractivity contribution >= 4 is 11.6 Å². The Hall–Kier alpha value is -3.02. The summed E-state index contributed by atoms with van der Waals surface area (Å²) in [4.78, 5) is 24.4. The van der Waals surface area contributed by atoms with Crippen LogP contribution in [0.3, 0.4) is 0 Å². The zero-order valence-corrected chi connectivity index (χ0v) is 11.6. The number of ketones is 2. The Bertz CT molecular complexity index is 763. The lowest BCUT2D eigenvalue weighted by Crippen LogP contribution is -2.31. The summed E-state index contributed by atoms with van der Waals surface area (Å²) in [5.41, 5.74) is 0.250. The maximum atomic E-state index is 12.2. The van der Waals surface area contributed by atoms with E-state index in [1.807, 2.05) is 0 Å². The van der Waals surface area contributed by atoms with Gasteiger partial charge in [0.2, 0.25) is 11.6 Å². The Balaban J connectivity index is 2.04. The Morgan fingerprint density at radius 3 is 2.41 bits per heavy atom. The van der Waals surface area contributed by atoms with Crippen LogP contribution < -0.4 is 9.47 Å². The molecule has 0 spiro atoms. The van der Waals surface area contributed by atoms with Gasteiger partial charge in [-0.15, -0.1) is 0 Å². The Morgan fingerprint density at radius 1 is 1.09 bits per heavy atom. The number of carbonyl (C=O) groups is 2. The third kappa shape index (κ3) is 2.14. The van der Waals surface area contributed by atoms with Gasteiger partial charge in [0.15, 0.2) is 6.10 Å². The first-order chi connectivity index (χ1) is 10.5. The molecule has 1 unspecified atom stereocenters. The predicted octanol–water partition coefficient (Wildman–Crippen LogP) is 1.99. The first kappa shape index (κ1) is 13.9. The van der Waals surface area contributed by atoms with Crippen LogP contribution in [0.1, 0.15) is 22.0 Å². The van der Waals surface area contributed by atoms with E-state index in [0.717, 1.165) is 6.07 Å². The molecule has 22 heavy (non-hydrogen) atoms. The number of phenols is 2. The number of carbonyl (C=O) groups excluding carboxylic acids is 2. The maximum absolute atomic E-state index is 12.2. The van der Waals surface area contributed by atoms with Crippen LogP contribution in [0.25, 0.3) is 0 Å². The van der Waals surface area contributed by atoms with Gasteiger partial charge >= 0.3 is 0 Å². The minimum Gasteiger partial charge on any atom is -0.508 e. The molecule has 2 aromatic rings. The van der Waals surface area contributed by atoms with Gasteiger partial charge in [-0.05, 0) is 12.1 Å². The van der Waals surface area contributed by atoms with Crippen LogP contribution >= 0.6 is 0 Å². The van der Waals surface area contributed by atoms with Crippen LogP contribution in [-0.2, 0) is 4.79 Å². The van der Waals surface area contributed by atoms with Crippen molar-refractivity contribution < 1.29 is 29.3 Å². The van der Waals surface area contributed by atoms with Gasteiger partial charge in [-0.1, -0.05) is 12.1 Å². The fourth-order valence-electron chi connectivity index (χ4n) is 2.33. The number of fused-ring (bicyclic) bond motifs is 1. The van der Waals surface area contributed by atoms with Crippen LogP contribution in [0.15, 0.2) is 36.4 Å². The van der Waals surface area contributed by atoms with E-state index < -0.39 is 23.4 Å². The number of benzene rings is 2. The molecular weight excluding hydrogens is 288 g/mol. The molecule has 0 amide bonds. The second-order valence-corrected chi connectivity index (χ2v) is 4.80. The van der Waals surface area contributed by atoms with E-state index in [-0.39, 0.29) is 17.1 Å². The molecule has 0 saturated carbocycles. The van der Waals surface area contributed by atoms with Crippen LogP contribution in [0, 0.1) is 0 Å². The Labute approximate surface area is 125 Å². The third-order valence-electron chi connectivity index (χ3n) is 3.42. The Morgan fingerprint density at radius 2 is 1.77 bits per heavy atom. The largest absolute Gasteiger partial charge is 0.508 e. The molecule has 0 fully saturated rings. The number of rotatable bonds is 2. The van der Waals surface area contributed by atoms with Crippen LogP contribution in [0.4, 0.5) is 0 Å². The summed E-state index contributed by atoms with van der Waals surface area (Å²) in [5.74, 6) is -1.79. The van der Waals surface area contributed by atoms with Crippen molar-refractivity contribution in [2.24, 2.45) is 0 Å². The highest BCUT2D eigenvalue weighted by Gasteiger charge is 2.38. The first-order valence-electron chi connectivity index (χ1n) is 6.46. The number of Topliss-reactive ketones (excluding diaryl/α,β-unsaturated/α-hetero) is 2. The van der Waals surface area contributed by atoms with E-state index in [0.29, 0.717) is 11.3 Å². The van der Waals surface area contributed by atoms with Crippen molar-refractivity contribution in [3.63, 3.8) is 0 Å². The van der Waals surface area contributed by atoms with Crippen molar-refractivity contribution in [1.29, 1.82) is 0 Å². The zero-order chi connectivity index (χ0) is 15.9. The van der Waals surface area contributed by atoms with Gasteiger partial charge in [0.1, 0.15) is 28.6 Å². The molecule has 2 N–H and O–H groups in total. The topological polar surface area (TPSA) is 93.1 Å². The van der Waals surface area contributed by atoms with Gasteiger partial charge < -0.3 is 19.7 Å². The van der Waals surface area contributed by atoms with Crippen molar-refractivity contribution in [1.82, 2.24) is 0 Å². The van der Waals surface area contributed by atoms with Gasteiger partial charge in [0, 0.05) is 17.7 Å². The second kappa shape index (κ2) is 5.07. The maximum Gasteiger partial charge on any atom is 0.248 e. The van der Waals surface area contributed by atoms with Crippen molar-refractivity contribution in [2.75, 3.05) is 7.11 Å². The normalized spacial score (nSPS) is 16.9. The highest BCUT2D eigenvalue weighted by Crippen LogP contribution is 2.40. The van der Waals surface area contributed by atoms with E-state index >= 15 is 0 Å². The van der Waals surface area contributed by atoms with Gasteiger partial charge in [-0.2, -0.15) is 0 Å². The second-order valence-electron chi connectivity index (χ2n) is 4.80. The summed E-state index contributed by atoms with van der Waals surface area (Å²) >= 11 is 0. The van der Waals surface area contributed by atoms with Gasteiger partial charge in [0.05, 0.1) is 7.11 Å². The summed E-state index contributed by atoms with van der Waals surface area (Å²) in [7, 11) is 1.52. The summed E-state index contributed by atoms with van der Waals surface area (Å²) in [6, 6.07) is 8.69. The molecule has 6 nitrogen and oxygen atoms in total. The molecule has 0 radical (unpaired) electrons. The summed E-state index contributed by atoms with van der Waals surface area (Å²) in [6.07, 6.45) is -1.12. The summed E-state index contributed by atoms with van der Waals surface area (Å²) < 4.78 is 10.5. The molecular formula is C16H12O6. The van der Waals surface area contributed by atoms with Crippen LogP contribution in [-0.4, -0.2) is 28.9 Å². The standard InChI is InChI=1S/C16H12O6/c1-21-10-4-2-8(3-5-10)16-15(20)14(19)13-11(18)6-9(17)7-12(13)22-16/h2-7,16-18H,1H3. The first-order valence-corrected chi connectivity index (χ1v) is 6.46.